The fraction of sp³-hybridized carbons (Fsp3) is 0.188. The van der Waals surface area contributed by atoms with Crippen LogP contribution in [0.1, 0.15) is 16.7 Å². The molecule has 0 aromatic heterocycles. The van der Waals surface area contributed by atoms with E-state index in [0.29, 0.717) is 11.3 Å². The molecular weight excluding hydrogens is 268 g/mol. The first-order valence-corrected chi connectivity index (χ1v) is 7.18. The van der Waals surface area contributed by atoms with Crippen LogP contribution in [0, 0.1) is 18.3 Å². The fourth-order valence-electron chi connectivity index (χ4n) is 1.85. The van der Waals surface area contributed by atoms with E-state index >= 15 is 0 Å². The highest BCUT2D eigenvalue weighted by atomic mass is 32.2. The maximum atomic E-state index is 8.96. The fourth-order valence-corrected chi connectivity index (χ4v) is 2.85. The van der Waals surface area contributed by atoms with Crippen molar-refractivity contribution in [2.75, 3.05) is 12.8 Å². The Hall–Kier alpha value is -2.12. The van der Waals surface area contributed by atoms with Crippen LogP contribution in [-0.4, -0.2) is 7.11 Å². The molecule has 0 saturated carbocycles. The van der Waals surface area contributed by atoms with Crippen LogP contribution in [0.25, 0.3) is 0 Å². The molecule has 0 heterocycles. The van der Waals surface area contributed by atoms with Crippen LogP contribution in [-0.2, 0) is 5.75 Å². The Labute approximate surface area is 123 Å². The number of rotatable bonds is 4. The lowest BCUT2D eigenvalue weighted by Gasteiger charge is -2.08. The third kappa shape index (κ3) is 3.25. The lowest BCUT2D eigenvalue weighted by atomic mass is 10.1. The molecule has 2 N–H and O–H groups in total. The number of hydrogen-bond acceptors (Lipinski definition) is 4. The van der Waals surface area contributed by atoms with Crippen LogP contribution in [0.4, 0.5) is 5.69 Å². The van der Waals surface area contributed by atoms with Gasteiger partial charge < -0.3 is 10.5 Å². The molecule has 3 nitrogen and oxygen atoms in total. The highest BCUT2D eigenvalue weighted by molar-refractivity contribution is 7.98. The molecule has 0 aliphatic rings. The molecule has 0 aliphatic carbocycles. The molecule has 0 saturated heterocycles. The minimum absolute atomic E-state index is 0.552. The lowest BCUT2D eigenvalue weighted by molar-refractivity contribution is 0.413. The summed E-state index contributed by atoms with van der Waals surface area (Å²) in [5.74, 6) is 1.40. The van der Waals surface area contributed by atoms with Crippen LogP contribution in [0.15, 0.2) is 41.3 Å². The highest BCUT2D eigenvalue weighted by Gasteiger charge is 2.06. The van der Waals surface area contributed by atoms with Crippen molar-refractivity contribution in [1.82, 2.24) is 0 Å². The van der Waals surface area contributed by atoms with Crippen molar-refractivity contribution in [3.8, 4) is 11.8 Å². The van der Waals surface area contributed by atoms with Gasteiger partial charge in [-0.3, -0.25) is 0 Å². The Morgan fingerprint density at radius 1 is 1.25 bits per heavy atom. The Bertz CT molecular complexity index is 662. The van der Waals surface area contributed by atoms with Gasteiger partial charge in [0.25, 0.3) is 0 Å². The predicted octanol–water partition coefficient (Wildman–Crippen LogP) is 3.75. The van der Waals surface area contributed by atoms with Crippen LogP contribution < -0.4 is 10.5 Å². The van der Waals surface area contributed by atoms with Crippen LogP contribution in [0.5, 0.6) is 5.75 Å². The minimum atomic E-state index is 0.552. The van der Waals surface area contributed by atoms with E-state index in [0.717, 1.165) is 21.9 Å². The predicted molar refractivity (Wildman–Crippen MR) is 82.9 cm³/mol. The van der Waals surface area contributed by atoms with Gasteiger partial charge in [0.1, 0.15) is 11.8 Å². The summed E-state index contributed by atoms with van der Waals surface area (Å²) in [6.07, 6.45) is 0. The number of nitriles is 1. The molecule has 0 radical (unpaired) electrons. The zero-order valence-electron chi connectivity index (χ0n) is 11.5. The first-order chi connectivity index (χ1) is 9.63. The van der Waals surface area contributed by atoms with Gasteiger partial charge in [0, 0.05) is 16.3 Å². The molecule has 0 aliphatic heterocycles. The van der Waals surface area contributed by atoms with E-state index < -0.39 is 0 Å². The zero-order chi connectivity index (χ0) is 14.5. The van der Waals surface area contributed by atoms with Gasteiger partial charge >= 0.3 is 0 Å². The molecule has 0 bridgehead atoms. The van der Waals surface area contributed by atoms with Crippen molar-refractivity contribution in [1.29, 1.82) is 5.26 Å². The minimum Gasteiger partial charge on any atom is -0.495 e. The van der Waals surface area contributed by atoms with Gasteiger partial charge in [-0.1, -0.05) is 12.1 Å². The van der Waals surface area contributed by atoms with Gasteiger partial charge in [-0.2, -0.15) is 5.26 Å². The van der Waals surface area contributed by atoms with Gasteiger partial charge in [-0.15, -0.1) is 11.8 Å². The summed E-state index contributed by atoms with van der Waals surface area (Å²) in [7, 11) is 1.58. The van der Waals surface area contributed by atoms with Gasteiger partial charge in [0.2, 0.25) is 0 Å². The van der Waals surface area contributed by atoms with Crippen molar-refractivity contribution in [2.45, 2.75) is 17.6 Å². The number of aryl methyl sites for hydroxylation is 1. The van der Waals surface area contributed by atoms with E-state index in [-0.39, 0.29) is 0 Å². The van der Waals surface area contributed by atoms with Crippen molar-refractivity contribution in [3.63, 3.8) is 0 Å². The molecule has 2 rings (SSSR count). The van der Waals surface area contributed by atoms with Crippen molar-refractivity contribution >= 4 is 17.4 Å². The SMILES string of the molecule is COc1cc(CSc2cc(C)ccc2N)ccc1C#N. The summed E-state index contributed by atoms with van der Waals surface area (Å²) in [5, 5.41) is 8.96. The number of anilines is 1. The van der Waals surface area contributed by atoms with E-state index in [1.807, 2.05) is 31.2 Å². The number of nitrogens with zero attached hydrogens (tertiary/aromatic N) is 1. The van der Waals surface area contributed by atoms with E-state index in [1.54, 1.807) is 24.9 Å². The topological polar surface area (TPSA) is 59.0 Å². The quantitative estimate of drug-likeness (QED) is 0.686. The summed E-state index contributed by atoms with van der Waals surface area (Å²) in [6, 6.07) is 13.8. The Morgan fingerprint density at radius 2 is 2.05 bits per heavy atom. The molecule has 2 aromatic carbocycles. The monoisotopic (exact) mass is 284 g/mol. The molecule has 0 spiro atoms. The van der Waals surface area contributed by atoms with Crippen molar-refractivity contribution in [3.05, 3.63) is 53.1 Å². The number of ether oxygens (including phenoxy) is 1. The third-order valence-electron chi connectivity index (χ3n) is 2.95. The maximum absolute atomic E-state index is 8.96. The standard InChI is InChI=1S/C16H16N2OS/c1-11-3-6-14(18)16(7-11)20-10-12-4-5-13(9-17)15(8-12)19-2/h3-8H,10,18H2,1-2H3. The van der Waals surface area contributed by atoms with Crippen LogP contribution in [0.2, 0.25) is 0 Å². The summed E-state index contributed by atoms with van der Waals surface area (Å²) in [5.41, 5.74) is 9.61. The molecule has 4 heteroatoms. The van der Waals surface area contributed by atoms with Gasteiger partial charge in [0.15, 0.2) is 0 Å². The van der Waals surface area contributed by atoms with Crippen LogP contribution >= 0.6 is 11.8 Å². The Morgan fingerprint density at radius 3 is 2.75 bits per heavy atom. The smallest absolute Gasteiger partial charge is 0.136 e. The molecule has 0 fully saturated rings. The second-order valence-electron chi connectivity index (χ2n) is 4.48. The molecular formula is C16H16N2OS. The maximum Gasteiger partial charge on any atom is 0.136 e. The first kappa shape index (κ1) is 14.3. The Balaban J connectivity index is 2.15. The molecule has 2 aromatic rings. The molecule has 0 amide bonds. The van der Waals surface area contributed by atoms with Crippen LogP contribution in [0.3, 0.4) is 0 Å². The molecule has 0 atom stereocenters. The second kappa shape index (κ2) is 6.36. The summed E-state index contributed by atoms with van der Waals surface area (Å²) >= 11 is 1.68. The average Bonchev–Trinajstić information content (AvgIpc) is 2.47. The second-order valence-corrected chi connectivity index (χ2v) is 5.49. The third-order valence-corrected chi connectivity index (χ3v) is 4.09. The van der Waals surface area contributed by atoms with Crippen molar-refractivity contribution < 1.29 is 4.74 Å². The lowest BCUT2D eigenvalue weighted by Crippen LogP contribution is -1.92. The highest BCUT2D eigenvalue weighted by Crippen LogP contribution is 2.30. The summed E-state index contributed by atoms with van der Waals surface area (Å²) in [6.45, 7) is 2.05. The van der Waals surface area contributed by atoms with E-state index in [4.69, 9.17) is 15.7 Å². The molecule has 0 unspecified atom stereocenters. The number of hydrogen-bond donors (Lipinski definition) is 1. The molecule has 20 heavy (non-hydrogen) atoms. The number of benzene rings is 2. The summed E-state index contributed by atoms with van der Waals surface area (Å²) in [4.78, 5) is 1.08. The molecule has 102 valence electrons. The van der Waals surface area contributed by atoms with Crippen molar-refractivity contribution in [2.24, 2.45) is 0 Å². The van der Waals surface area contributed by atoms with E-state index in [2.05, 4.69) is 12.1 Å². The van der Waals surface area contributed by atoms with E-state index in [1.165, 1.54) is 5.56 Å². The Kier molecular flexibility index (Phi) is 4.54. The van der Waals surface area contributed by atoms with Gasteiger partial charge in [-0.25, -0.2) is 0 Å². The number of nitrogen functional groups attached to an aromatic ring is 1. The first-order valence-electron chi connectivity index (χ1n) is 6.20. The number of nitrogens with two attached hydrogens (primary N) is 1. The normalized spacial score (nSPS) is 10.1. The zero-order valence-corrected chi connectivity index (χ0v) is 12.3. The summed E-state index contributed by atoms with van der Waals surface area (Å²) < 4.78 is 5.22. The largest absolute Gasteiger partial charge is 0.495 e. The van der Waals surface area contributed by atoms with E-state index in [9.17, 15) is 0 Å². The van der Waals surface area contributed by atoms with Gasteiger partial charge in [0.05, 0.1) is 12.7 Å². The average molecular weight is 284 g/mol. The van der Waals surface area contributed by atoms with Gasteiger partial charge in [-0.05, 0) is 42.3 Å². The number of thioether (sulfide) groups is 1. The number of methoxy groups -OCH3 is 1.